The molecule has 46 heavy (non-hydrogen) atoms. The van der Waals surface area contributed by atoms with E-state index >= 15 is 0 Å². The monoisotopic (exact) mass is 630 g/mol. The molecule has 3 aromatic rings. The quantitative estimate of drug-likeness (QED) is 0.264. The van der Waals surface area contributed by atoms with Crippen molar-refractivity contribution in [2.75, 3.05) is 42.9 Å². The number of benzene rings is 2. The molecule has 2 aromatic carbocycles. The van der Waals surface area contributed by atoms with Crippen LogP contribution < -0.4 is 25.6 Å². The van der Waals surface area contributed by atoms with Gasteiger partial charge < -0.3 is 40.0 Å². The number of nitrogens with one attached hydrogen (secondary N) is 3. The van der Waals surface area contributed by atoms with Crippen molar-refractivity contribution < 1.29 is 23.8 Å². The minimum Gasteiger partial charge on any atom is -0.486 e. The molecule has 11 nitrogen and oxygen atoms in total. The number of aromatic nitrogens is 1. The number of rotatable bonds is 10. The maximum absolute atomic E-state index is 13.5. The Balaban J connectivity index is 1.06. The van der Waals surface area contributed by atoms with Crippen LogP contribution >= 0.6 is 0 Å². The Labute approximate surface area is 270 Å². The zero-order valence-corrected chi connectivity index (χ0v) is 26.9. The summed E-state index contributed by atoms with van der Waals surface area (Å²) in [6, 6.07) is 12.1. The van der Waals surface area contributed by atoms with E-state index in [0.717, 1.165) is 85.8 Å². The van der Waals surface area contributed by atoms with Crippen molar-refractivity contribution in [2.24, 2.45) is 0 Å². The summed E-state index contributed by atoms with van der Waals surface area (Å²) in [6.45, 7) is 8.00. The van der Waals surface area contributed by atoms with E-state index in [1.165, 1.54) is 12.8 Å². The molecule has 246 valence electrons. The molecule has 1 unspecified atom stereocenters. The maximum Gasteiger partial charge on any atom is 0.251 e. The number of carbonyl (C=O) groups excluding carboxylic acids is 2. The zero-order chi connectivity index (χ0) is 32.0. The largest absolute Gasteiger partial charge is 0.486 e. The van der Waals surface area contributed by atoms with Crippen LogP contribution in [0.2, 0.25) is 0 Å². The Morgan fingerprint density at radius 2 is 1.89 bits per heavy atom. The lowest BCUT2D eigenvalue weighted by Crippen LogP contribution is -2.49. The number of anilines is 2. The predicted molar refractivity (Wildman–Crippen MR) is 176 cm³/mol. The number of ether oxygens (including phenoxy) is 1. The summed E-state index contributed by atoms with van der Waals surface area (Å²) in [5, 5.41) is 21.2. The van der Waals surface area contributed by atoms with Gasteiger partial charge in [-0.05, 0) is 86.9 Å². The zero-order valence-electron chi connectivity index (χ0n) is 26.9. The Morgan fingerprint density at radius 3 is 2.63 bits per heavy atom. The van der Waals surface area contributed by atoms with Crippen LogP contribution in [0.5, 0.6) is 5.75 Å². The lowest BCUT2D eigenvalue weighted by molar-refractivity contribution is -0.129. The van der Waals surface area contributed by atoms with Crippen LogP contribution in [0.25, 0.3) is 0 Å². The maximum atomic E-state index is 13.5. The fraction of sp³-hybridized carbons (Fsp3) is 0.514. The molecule has 6 rings (SSSR count). The molecule has 4 heterocycles. The molecule has 0 spiro atoms. The number of fused-ring (bicyclic) bond motifs is 1. The molecule has 11 heteroatoms. The van der Waals surface area contributed by atoms with Crippen molar-refractivity contribution in [3.05, 3.63) is 70.9 Å². The minimum absolute atomic E-state index is 0.119. The highest BCUT2D eigenvalue weighted by Crippen LogP contribution is 2.28. The van der Waals surface area contributed by atoms with Crippen LogP contribution in [-0.2, 0) is 24.4 Å². The first kappa shape index (κ1) is 31.9. The molecule has 0 radical (unpaired) electrons. The Bertz CT molecular complexity index is 1510. The number of amides is 2. The molecule has 2 amide bonds. The molecule has 1 aromatic heterocycles. The molecular formula is C35H46N6O5. The lowest BCUT2D eigenvalue weighted by atomic mass is 9.92. The topological polar surface area (TPSA) is 132 Å². The third-order valence-corrected chi connectivity index (χ3v) is 9.54. The second kappa shape index (κ2) is 14.6. The minimum atomic E-state index is -0.753. The molecule has 0 saturated carbocycles. The van der Waals surface area contributed by atoms with Gasteiger partial charge in [0.1, 0.15) is 12.4 Å². The summed E-state index contributed by atoms with van der Waals surface area (Å²) in [6.07, 6.45) is 6.57. The molecule has 3 aliphatic heterocycles. The lowest BCUT2D eigenvalue weighted by Gasteiger charge is -2.33. The number of oxazole rings is 1. The van der Waals surface area contributed by atoms with E-state index in [0.29, 0.717) is 30.9 Å². The predicted octanol–water partition coefficient (Wildman–Crippen LogP) is 3.78. The number of carbonyl (C=O) groups is 2. The van der Waals surface area contributed by atoms with E-state index in [1.807, 2.05) is 42.2 Å². The van der Waals surface area contributed by atoms with Crippen LogP contribution in [0.15, 0.2) is 47.2 Å². The van der Waals surface area contributed by atoms with Crippen LogP contribution in [0.1, 0.15) is 72.0 Å². The van der Waals surface area contributed by atoms with Gasteiger partial charge in [-0.3, -0.25) is 9.59 Å². The van der Waals surface area contributed by atoms with E-state index in [1.54, 1.807) is 6.92 Å². The number of hydrogen-bond donors (Lipinski definition) is 4. The van der Waals surface area contributed by atoms with Gasteiger partial charge in [0.15, 0.2) is 12.2 Å². The number of aryl methyl sites for hydroxylation is 1. The van der Waals surface area contributed by atoms with Gasteiger partial charge in [0.05, 0.1) is 11.8 Å². The van der Waals surface area contributed by atoms with Gasteiger partial charge in [0, 0.05) is 75.2 Å². The number of aliphatic hydroxyl groups excluding tert-OH is 1. The summed E-state index contributed by atoms with van der Waals surface area (Å²) in [4.78, 5) is 33.6. The number of piperidine rings is 2. The van der Waals surface area contributed by atoms with Crippen molar-refractivity contribution in [1.82, 2.24) is 20.5 Å². The Morgan fingerprint density at radius 1 is 1.09 bits per heavy atom. The highest BCUT2D eigenvalue weighted by atomic mass is 16.5. The van der Waals surface area contributed by atoms with Gasteiger partial charge in [-0.2, -0.15) is 0 Å². The molecule has 3 aliphatic rings. The Hall–Kier alpha value is -4.09. The third kappa shape index (κ3) is 7.82. The average Bonchev–Trinajstić information content (AvgIpc) is 3.50. The van der Waals surface area contributed by atoms with Gasteiger partial charge in [0.2, 0.25) is 5.91 Å². The standard InChI is InChI=1S/C35H46N6O5/c1-23-34(46-22-38-23)21-45-31-7-6-25-17-32(36-19-27(25)16-31)33(43)20-37-35(44)26-14-29(18-30(15-26)41-10-4-3-5-11-41)39-28-8-12-40(13-9-28)24(2)42/h6-7,14-16,18,22,28,32-33,36,39,43H,3-5,8-13,17,19-21H2,1-2H3,(H,37,44)/t32-,33?/m0/s1. The van der Waals surface area contributed by atoms with Crippen LogP contribution in [0, 0.1) is 6.92 Å². The number of hydrogen-bond acceptors (Lipinski definition) is 9. The SMILES string of the molecule is CC(=O)N1CCC(Nc2cc(C(=O)NCC(O)[C@@H]3Cc4ccc(OCc5ocnc5C)cc4CN3)cc(N3CCCCC3)c2)CC1. The first-order chi connectivity index (χ1) is 22.3. The smallest absolute Gasteiger partial charge is 0.251 e. The van der Waals surface area contributed by atoms with Gasteiger partial charge in [-0.25, -0.2) is 4.98 Å². The Kier molecular flexibility index (Phi) is 10.1. The average molecular weight is 631 g/mol. The number of aliphatic hydroxyl groups is 1. The highest BCUT2D eigenvalue weighted by molar-refractivity contribution is 5.96. The molecular weight excluding hydrogens is 584 g/mol. The summed E-state index contributed by atoms with van der Waals surface area (Å²) in [5.41, 5.74) is 5.63. The van der Waals surface area contributed by atoms with E-state index in [4.69, 9.17) is 9.15 Å². The molecule has 4 N–H and O–H groups in total. The summed E-state index contributed by atoms with van der Waals surface area (Å²) in [5.74, 6) is 1.38. The van der Waals surface area contributed by atoms with Crippen molar-refractivity contribution in [1.29, 1.82) is 0 Å². The molecule has 0 aliphatic carbocycles. The van der Waals surface area contributed by atoms with Gasteiger partial charge in [-0.1, -0.05) is 6.07 Å². The fourth-order valence-electron chi connectivity index (χ4n) is 6.67. The van der Waals surface area contributed by atoms with Gasteiger partial charge >= 0.3 is 0 Å². The normalized spacial score (nSPS) is 19.3. The highest BCUT2D eigenvalue weighted by Gasteiger charge is 2.26. The molecule has 2 atom stereocenters. The van der Waals surface area contributed by atoms with E-state index in [9.17, 15) is 14.7 Å². The first-order valence-corrected chi connectivity index (χ1v) is 16.6. The van der Waals surface area contributed by atoms with Crippen molar-refractivity contribution >= 4 is 23.2 Å². The second-order valence-corrected chi connectivity index (χ2v) is 12.8. The summed E-state index contributed by atoms with van der Waals surface area (Å²) in [7, 11) is 0. The molecule has 2 saturated heterocycles. The number of likely N-dealkylation sites (tertiary alicyclic amines) is 1. The van der Waals surface area contributed by atoms with Crippen molar-refractivity contribution in [3.8, 4) is 5.75 Å². The van der Waals surface area contributed by atoms with Crippen molar-refractivity contribution in [2.45, 2.75) is 83.7 Å². The van der Waals surface area contributed by atoms with Crippen LogP contribution in [0.3, 0.4) is 0 Å². The third-order valence-electron chi connectivity index (χ3n) is 9.54. The van der Waals surface area contributed by atoms with Crippen LogP contribution in [-0.4, -0.2) is 77.7 Å². The van der Waals surface area contributed by atoms with E-state index in [-0.39, 0.29) is 30.4 Å². The second-order valence-electron chi connectivity index (χ2n) is 12.8. The van der Waals surface area contributed by atoms with Crippen molar-refractivity contribution in [3.63, 3.8) is 0 Å². The summed E-state index contributed by atoms with van der Waals surface area (Å²) < 4.78 is 11.3. The number of nitrogens with zero attached hydrogens (tertiary/aromatic N) is 3. The fourth-order valence-corrected chi connectivity index (χ4v) is 6.67. The molecule has 2 fully saturated rings. The van der Waals surface area contributed by atoms with Gasteiger partial charge in [0.25, 0.3) is 5.91 Å². The van der Waals surface area contributed by atoms with E-state index < -0.39 is 6.10 Å². The van der Waals surface area contributed by atoms with Crippen LogP contribution in [0.4, 0.5) is 11.4 Å². The van der Waals surface area contributed by atoms with E-state index in [2.05, 4.69) is 31.9 Å². The van der Waals surface area contributed by atoms with Gasteiger partial charge in [-0.15, -0.1) is 0 Å². The first-order valence-electron chi connectivity index (χ1n) is 16.6. The molecule has 0 bridgehead atoms. The summed E-state index contributed by atoms with van der Waals surface area (Å²) >= 11 is 0.